The van der Waals surface area contributed by atoms with Gasteiger partial charge in [0.15, 0.2) is 0 Å². The van der Waals surface area contributed by atoms with Crippen molar-refractivity contribution in [1.29, 1.82) is 0 Å². The van der Waals surface area contributed by atoms with Crippen LogP contribution in [0.5, 0.6) is 0 Å². The number of amides is 4. The smallest absolute Gasteiger partial charge is 0.407 e. The number of carbonyl (C=O) groups excluding carboxylic acids is 4. The molecule has 1 aromatic rings. The van der Waals surface area contributed by atoms with Gasteiger partial charge in [0, 0.05) is 12.8 Å². The number of alkyl carbamates (subject to hydrolysis) is 1. The summed E-state index contributed by atoms with van der Waals surface area (Å²) in [6.45, 7) is 8.84. The molecule has 0 aliphatic carbocycles. The minimum Gasteiger partial charge on any atom is -0.481 e. The van der Waals surface area contributed by atoms with Crippen molar-refractivity contribution in [3.05, 3.63) is 35.9 Å². The average molecular weight is 551 g/mol. The Hall–Kier alpha value is -3.67. The van der Waals surface area contributed by atoms with Gasteiger partial charge in [0.2, 0.25) is 17.7 Å². The van der Waals surface area contributed by atoms with E-state index in [0.717, 1.165) is 5.56 Å². The number of rotatable bonds is 15. The Morgan fingerprint density at radius 3 is 2.10 bits per heavy atom. The van der Waals surface area contributed by atoms with Crippen LogP contribution in [0.3, 0.4) is 0 Å². The van der Waals surface area contributed by atoms with E-state index in [4.69, 9.17) is 15.6 Å². The van der Waals surface area contributed by atoms with Crippen molar-refractivity contribution in [3.8, 4) is 0 Å². The molecule has 0 bridgehead atoms. The number of carboxylic acids is 1. The van der Waals surface area contributed by atoms with Crippen LogP contribution in [0.15, 0.2) is 30.3 Å². The molecule has 0 aliphatic rings. The Balaban J connectivity index is 2.93. The number of ether oxygens (including phenoxy) is 1. The number of primary amides is 1. The lowest BCUT2D eigenvalue weighted by molar-refractivity contribution is -0.138. The zero-order valence-corrected chi connectivity index (χ0v) is 23.2. The van der Waals surface area contributed by atoms with Crippen molar-refractivity contribution in [2.24, 2.45) is 11.7 Å². The highest BCUT2D eigenvalue weighted by Crippen LogP contribution is 2.14. The number of aliphatic hydroxyl groups excluding tert-OH is 1. The first kappa shape index (κ1) is 33.4. The molecule has 12 nitrogen and oxygen atoms in total. The summed E-state index contributed by atoms with van der Waals surface area (Å²) in [5.41, 5.74) is 5.44. The first-order chi connectivity index (χ1) is 18.1. The van der Waals surface area contributed by atoms with Gasteiger partial charge in [0.05, 0.1) is 18.6 Å². The molecule has 1 rings (SSSR count). The van der Waals surface area contributed by atoms with E-state index in [1.165, 1.54) is 0 Å². The Morgan fingerprint density at radius 2 is 1.59 bits per heavy atom. The summed E-state index contributed by atoms with van der Waals surface area (Å²) in [5.74, 6) is -3.45. The van der Waals surface area contributed by atoms with E-state index >= 15 is 0 Å². The van der Waals surface area contributed by atoms with Crippen LogP contribution in [0.4, 0.5) is 4.79 Å². The maximum absolute atomic E-state index is 13.0. The van der Waals surface area contributed by atoms with Gasteiger partial charge in [-0.3, -0.25) is 19.2 Å². The first-order valence-corrected chi connectivity index (χ1v) is 12.9. The number of hydrogen-bond acceptors (Lipinski definition) is 7. The molecule has 39 heavy (non-hydrogen) atoms. The van der Waals surface area contributed by atoms with Gasteiger partial charge in [-0.05, 0) is 45.1 Å². The third kappa shape index (κ3) is 14.2. The molecular weight excluding hydrogens is 508 g/mol. The number of carbonyl (C=O) groups is 5. The molecule has 0 spiro atoms. The number of aliphatic hydroxyl groups is 1. The van der Waals surface area contributed by atoms with Crippen molar-refractivity contribution >= 4 is 29.8 Å². The van der Waals surface area contributed by atoms with Gasteiger partial charge in [-0.2, -0.15) is 0 Å². The van der Waals surface area contributed by atoms with Crippen LogP contribution < -0.4 is 21.7 Å². The van der Waals surface area contributed by atoms with Crippen molar-refractivity contribution in [2.75, 3.05) is 0 Å². The quantitative estimate of drug-likeness (QED) is 0.187. The Morgan fingerprint density at radius 1 is 0.974 bits per heavy atom. The molecule has 0 saturated heterocycles. The van der Waals surface area contributed by atoms with Gasteiger partial charge in [-0.25, -0.2) is 4.79 Å². The minimum absolute atomic E-state index is 0.0621. The highest BCUT2D eigenvalue weighted by molar-refractivity contribution is 5.92. The molecule has 1 aromatic carbocycles. The highest BCUT2D eigenvalue weighted by atomic mass is 16.6. The number of carboxylic acid groups (broad SMARTS) is 1. The standard InChI is InChI=1S/C27H42N4O8/c1-16(2)13-19(31-26(38)39-27(3,4)5)21(32)15-22(33)29-18(11-12-23(34)35)25(37)30-20(24(28)36)14-17-9-7-6-8-10-17/h6-10,16,18-21,32H,11-15H2,1-5H3,(H2,28,36)(H,29,33)(H,30,37)(H,31,38)(H,34,35)/t18?,19-,20?,21-/m0/s1. The molecule has 4 atom stereocenters. The van der Waals surface area contributed by atoms with E-state index in [0.29, 0.717) is 6.42 Å². The summed E-state index contributed by atoms with van der Waals surface area (Å²) in [6.07, 6.45) is -2.79. The Labute approximate surface area is 229 Å². The van der Waals surface area contributed by atoms with Crippen LogP contribution in [-0.4, -0.2) is 69.8 Å². The molecule has 218 valence electrons. The van der Waals surface area contributed by atoms with E-state index in [1.807, 2.05) is 13.8 Å². The monoisotopic (exact) mass is 550 g/mol. The van der Waals surface area contributed by atoms with Crippen LogP contribution >= 0.6 is 0 Å². The van der Waals surface area contributed by atoms with E-state index in [1.54, 1.807) is 51.1 Å². The number of aliphatic carboxylic acids is 1. The lowest BCUT2D eigenvalue weighted by Gasteiger charge is -2.28. The molecule has 0 fully saturated rings. The molecule has 12 heteroatoms. The number of hydrogen-bond donors (Lipinski definition) is 6. The molecule has 0 aromatic heterocycles. The van der Waals surface area contributed by atoms with Gasteiger partial charge in [-0.15, -0.1) is 0 Å². The predicted molar refractivity (Wildman–Crippen MR) is 143 cm³/mol. The number of benzene rings is 1. The minimum atomic E-state index is -1.32. The Kier molecular flexibility index (Phi) is 13.4. The van der Waals surface area contributed by atoms with Gasteiger partial charge in [0.25, 0.3) is 0 Å². The molecule has 7 N–H and O–H groups in total. The lowest BCUT2D eigenvalue weighted by Crippen LogP contribution is -2.54. The van der Waals surface area contributed by atoms with Crippen LogP contribution in [0.1, 0.15) is 65.9 Å². The van der Waals surface area contributed by atoms with Crippen LogP contribution in [-0.2, 0) is 30.3 Å². The zero-order chi connectivity index (χ0) is 29.8. The van der Waals surface area contributed by atoms with Gasteiger partial charge >= 0.3 is 12.1 Å². The molecule has 0 radical (unpaired) electrons. The van der Waals surface area contributed by atoms with Crippen molar-refractivity contribution in [3.63, 3.8) is 0 Å². The average Bonchev–Trinajstić information content (AvgIpc) is 2.79. The summed E-state index contributed by atoms with van der Waals surface area (Å²) in [4.78, 5) is 61.2. The maximum atomic E-state index is 13.0. The van der Waals surface area contributed by atoms with Gasteiger partial charge in [-0.1, -0.05) is 44.2 Å². The van der Waals surface area contributed by atoms with Crippen LogP contribution in [0.2, 0.25) is 0 Å². The zero-order valence-electron chi connectivity index (χ0n) is 23.2. The van der Waals surface area contributed by atoms with Crippen LogP contribution in [0.25, 0.3) is 0 Å². The molecule has 0 aliphatic heterocycles. The SMILES string of the molecule is CC(C)C[C@H](NC(=O)OC(C)(C)C)[C@@H](O)CC(=O)NC(CCC(=O)O)C(=O)NC(Cc1ccccc1)C(N)=O. The predicted octanol–water partition coefficient (Wildman–Crippen LogP) is 1.24. The summed E-state index contributed by atoms with van der Waals surface area (Å²) < 4.78 is 5.25. The summed E-state index contributed by atoms with van der Waals surface area (Å²) in [7, 11) is 0. The third-order valence-electron chi connectivity index (χ3n) is 5.53. The molecule has 2 unspecified atom stereocenters. The fourth-order valence-electron chi connectivity index (χ4n) is 3.75. The molecule has 0 saturated carbocycles. The lowest BCUT2D eigenvalue weighted by atomic mass is 9.97. The number of nitrogens with one attached hydrogen (secondary N) is 3. The number of nitrogens with two attached hydrogens (primary N) is 1. The summed E-state index contributed by atoms with van der Waals surface area (Å²) >= 11 is 0. The second-order valence-electron chi connectivity index (χ2n) is 10.9. The largest absolute Gasteiger partial charge is 0.481 e. The molecular formula is C27H42N4O8. The van der Waals surface area contributed by atoms with Crippen molar-refractivity contribution < 1.29 is 38.9 Å². The summed E-state index contributed by atoms with van der Waals surface area (Å²) in [5, 5.41) is 27.4. The second-order valence-corrected chi connectivity index (χ2v) is 10.9. The van der Waals surface area contributed by atoms with E-state index in [-0.39, 0.29) is 18.8 Å². The van der Waals surface area contributed by atoms with E-state index in [2.05, 4.69) is 16.0 Å². The maximum Gasteiger partial charge on any atom is 0.407 e. The second kappa shape index (κ2) is 15.7. The third-order valence-corrected chi connectivity index (χ3v) is 5.53. The molecule has 4 amide bonds. The normalized spacial score (nSPS) is 14.4. The van der Waals surface area contributed by atoms with Gasteiger partial charge < -0.3 is 36.6 Å². The van der Waals surface area contributed by atoms with Gasteiger partial charge in [0.1, 0.15) is 17.7 Å². The molecule has 0 heterocycles. The van der Waals surface area contributed by atoms with Crippen LogP contribution in [0, 0.1) is 5.92 Å². The fraction of sp³-hybridized carbons (Fsp3) is 0.593. The van der Waals surface area contributed by atoms with Crippen molar-refractivity contribution in [2.45, 2.75) is 96.6 Å². The fourth-order valence-corrected chi connectivity index (χ4v) is 3.75. The first-order valence-electron chi connectivity index (χ1n) is 12.9. The topological polar surface area (TPSA) is 197 Å². The van der Waals surface area contributed by atoms with Crippen molar-refractivity contribution in [1.82, 2.24) is 16.0 Å². The highest BCUT2D eigenvalue weighted by Gasteiger charge is 2.30. The van der Waals surface area contributed by atoms with E-state index < -0.39 is 72.5 Å². The van der Waals surface area contributed by atoms with E-state index in [9.17, 15) is 29.1 Å². The Bertz CT molecular complexity index is 978. The summed E-state index contributed by atoms with van der Waals surface area (Å²) in [6, 6.07) is 5.62.